The van der Waals surface area contributed by atoms with Gasteiger partial charge in [0, 0.05) is 44.2 Å². The summed E-state index contributed by atoms with van der Waals surface area (Å²) in [5.74, 6) is -0.824. The van der Waals surface area contributed by atoms with Gasteiger partial charge in [0.25, 0.3) is 11.8 Å². The Hall–Kier alpha value is -4.74. The van der Waals surface area contributed by atoms with Crippen LogP contribution in [0.15, 0.2) is 59.2 Å². The average molecular weight is 632 g/mol. The molecule has 244 valence electrons. The number of carbonyl (C=O) groups is 4. The first-order valence-electron chi connectivity index (χ1n) is 15.8. The average Bonchev–Trinajstić information content (AvgIpc) is 3.77. The summed E-state index contributed by atoms with van der Waals surface area (Å²) < 4.78 is 16.8. The minimum Gasteiger partial charge on any atom is -0.474 e. The monoisotopic (exact) mass is 631 g/mol. The van der Waals surface area contributed by atoms with Crippen molar-refractivity contribution in [3.8, 4) is 17.3 Å². The van der Waals surface area contributed by atoms with E-state index in [2.05, 4.69) is 15.3 Å². The van der Waals surface area contributed by atoms with Gasteiger partial charge in [0.1, 0.15) is 23.4 Å². The molecule has 0 radical (unpaired) electrons. The lowest BCUT2D eigenvalue weighted by molar-refractivity contribution is -0.155. The Labute approximate surface area is 268 Å². The molecule has 0 spiro atoms. The molecule has 2 aromatic heterocycles. The fourth-order valence-electron chi connectivity index (χ4n) is 5.55. The molecular weight excluding hydrogens is 590 g/mol. The van der Waals surface area contributed by atoms with Gasteiger partial charge in [-0.3, -0.25) is 19.2 Å². The van der Waals surface area contributed by atoms with Crippen molar-refractivity contribution < 1.29 is 33.1 Å². The molecule has 1 saturated carbocycles. The third-order valence-corrected chi connectivity index (χ3v) is 7.83. The minimum atomic E-state index is -1.04. The lowest BCUT2D eigenvalue weighted by Gasteiger charge is -2.36. The molecule has 1 unspecified atom stereocenters. The number of benzene rings is 1. The van der Waals surface area contributed by atoms with Crippen LogP contribution in [0.5, 0.6) is 5.88 Å². The predicted molar refractivity (Wildman–Crippen MR) is 168 cm³/mol. The van der Waals surface area contributed by atoms with E-state index in [9.17, 15) is 19.2 Å². The molecule has 5 rings (SSSR count). The number of esters is 1. The number of rotatable bonds is 10. The summed E-state index contributed by atoms with van der Waals surface area (Å²) in [4.78, 5) is 65.2. The van der Waals surface area contributed by atoms with Crippen LogP contribution in [0.3, 0.4) is 0 Å². The van der Waals surface area contributed by atoms with E-state index in [0.717, 1.165) is 25.7 Å². The molecule has 3 amide bonds. The predicted octanol–water partition coefficient (Wildman–Crippen LogP) is 4.26. The SMILES string of the molecule is CC(C)(C)OC(=O)CCC(NC(=O)c1cc(OC2CCCC2)nc(-c2ccccc2)n1)C(=O)N1CCN(C(=O)c2ccco2)CC1. The van der Waals surface area contributed by atoms with Crippen molar-refractivity contribution in [3.05, 3.63) is 66.2 Å². The highest BCUT2D eigenvalue weighted by Crippen LogP contribution is 2.26. The zero-order valence-corrected chi connectivity index (χ0v) is 26.6. The molecular formula is C34H41N5O7. The van der Waals surface area contributed by atoms with Gasteiger partial charge in [-0.25, -0.2) is 4.98 Å². The molecule has 12 heteroatoms. The van der Waals surface area contributed by atoms with Crippen LogP contribution >= 0.6 is 0 Å². The van der Waals surface area contributed by atoms with Crippen molar-refractivity contribution in [2.24, 2.45) is 0 Å². The molecule has 1 aliphatic heterocycles. The largest absolute Gasteiger partial charge is 0.474 e. The number of piperazine rings is 1. The fraction of sp³-hybridized carbons (Fsp3) is 0.471. The van der Waals surface area contributed by atoms with Crippen molar-refractivity contribution in [1.82, 2.24) is 25.1 Å². The Morgan fingerprint density at radius 3 is 2.30 bits per heavy atom. The van der Waals surface area contributed by atoms with Gasteiger partial charge in [-0.2, -0.15) is 4.98 Å². The van der Waals surface area contributed by atoms with Crippen LogP contribution in [0.25, 0.3) is 11.4 Å². The van der Waals surface area contributed by atoms with Gasteiger partial charge in [-0.15, -0.1) is 0 Å². The van der Waals surface area contributed by atoms with Gasteiger partial charge < -0.3 is 29.0 Å². The highest BCUT2D eigenvalue weighted by atomic mass is 16.6. The lowest BCUT2D eigenvalue weighted by Crippen LogP contribution is -2.56. The standard InChI is InChI=1S/C34H41N5O7/c1-34(2,3)46-29(40)16-15-25(32(42)38-17-19-39(20-18-38)33(43)27-14-9-21-44-27)36-31(41)26-22-28(45-24-12-7-8-13-24)37-30(35-26)23-10-5-4-6-11-23/h4-6,9-11,14,21-22,24-25H,7-8,12-13,15-20H2,1-3H3,(H,36,41). The minimum absolute atomic E-state index is 0.0101. The van der Waals surface area contributed by atoms with Gasteiger partial charge in [0.15, 0.2) is 11.6 Å². The number of furan rings is 1. The number of amides is 3. The van der Waals surface area contributed by atoms with Crippen LogP contribution in [0.2, 0.25) is 0 Å². The van der Waals surface area contributed by atoms with Gasteiger partial charge in [-0.05, 0) is 65.0 Å². The lowest BCUT2D eigenvalue weighted by atomic mass is 10.1. The first kappa shape index (κ1) is 32.6. The number of hydrogen-bond donors (Lipinski definition) is 1. The third kappa shape index (κ3) is 8.70. The van der Waals surface area contributed by atoms with Gasteiger partial charge in [-0.1, -0.05) is 30.3 Å². The second-order valence-electron chi connectivity index (χ2n) is 12.6. The molecule has 2 aliphatic rings. The summed E-state index contributed by atoms with van der Waals surface area (Å²) in [6.45, 7) is 6.42. The molecule has 2 fully saturated rings. The summed E-state index contributed by atoms with van der Waals surface area (Å²) in [6.07, 6.45) is 5.35. The van der Waals surface area contributed by atoms with Crippen LogP contribution < -0.4 is 10.1 Å². The van der Waals surface area contributed by atoms with E-state index >= 15 is 0 Å². The van der Waals surface area contributed by atoms with Crippen molar-refractivity contribution in [2.45, 2.75) is 77.0 Å². The number of carbonyl (C=O) groups excluding carboxylic acids is 4. The third-order valence-electron chi connectivity index (χ3n) is 7.83. The number of aromatic nitrogens is 2. The van der Waals surface area contributed by atoms with E-state index in [0.29, 0.717) is 30.4 Å². The molecule has 3 aromatic rings. The van der Waals surface area contributed by atoms with Crippen molar-refractivity contribution in [1.29, 1.82) is 0 Å². The Bertz CT molecular complexity index is 1510. The molecule has 0 bridgehead atoms. The molecule has 1 saturated heterocycles. The highest BCUT2D eigenvalue weighted by molar-refractivity contribution is 5.97. The Balaban J connectivity index is 1.33. The van der Waals surface area contributed by atoms with Gasteiger partial charge >= 0.3 is 5.97 Å². The van der Waals surface area contributed by atoms with E-state index < -0.39 is 23.5 Å². The van der Waals surface area contributed by atoms with E-state index in [1.165, 1.54) is 12.3 Å². The molecule has 1 aromatic carbocycles. The smallest absolute Gasteiger partial charge is 0.306 e. The quantitative estimate of drug-likeness (QED) is 0.325. The van der Waals surface area contributed by atoms with Crippen molar-refractivity contribution >= 4 is 23.7 Å². The molecule has 3 heterocycles. The maximum absolute atomic E-state index is 13.8. The highest BCUT2D eigenvalue weighted by Gasteiger charge is 2.32. The van der Waals surface area contributed by atoms with Crippen molar-refractivity contribution in [3.63, 3.8) is 0 Å². The molecule has 12 nitrogen and oxygen atoms in total. The number of ether oxygens (including phenoxy) is 2. The van der Waals surface area contributed by atoms with Crippen molar-refractivity contribution in [2.75, 3.05) is 26.2 Å². The van der Waals surface area contributed by atoms with Gasteiger partial charge in [0.2, 0.25) is 11.8 Å². The molecule has 1 N–H and O–H groups in total. The number of nitrogens with zero attached hydrogens (tertiary/aromatic N) is 4. The van der Waals surface area contributed by atoms with E-state index in [-0.39, 0.29) is 55.3 Å². The van der Waals surface area contributed by atoms with Crippen LogP contribution in [0.4, 0.5) is 0 Å². The maximum atomic E-state index is 13.8. The summed E-state index contributed by atoms with van der Waals surface area (Å²) in [5, 5.41) is 2.83. The van der Waals surface area contributed by atoms with Crippen LogP contribution in [-0.4, -0.2) is 87.4 Å². The summed E-state index contributed by atoms with van der Waals surface area (Å²) in [7, 11) is 0. The van der Waals surface area contributed by atoms with Crippen LogP contribution in [-0.2, 0) is 14.3 Å². The topological polar surface area (TPSA) is 144 Å². The number of nitrogens with one attached hydrogen (secondary N) is 1. The van der Waals surface area contributed by atoms with Gasteiger partial charge in [0.05, 0.1) is 6.26 Å². The van der Waals surface area contributed by atoms with E-state index in [1.54, 1.807) is 42.7 Å². The molecule has 1 atom stereocenters. The van der Waals surface area contributed by atoms with Crippen LogP contribution in [0.1, 0.15) is 80.3 Å². The Kier molecular flexibility index (Phi) is 10.3. The first-order chi connectivity index (χ1) is 22.1. The zero-order valence-electron chi connectivity index (χ0n) is 26.6. The fourth-order valence-corrected chi connectivity index (χ4v) is 5.55. The Morgan fingerprint density at radius 2 is 1.65 bits per heavy atom. The number of hydrogen-bond acceptors (Lipinski definition) is 9. The maximum Gasteiger partial charge on any atom is 0.306 e. The van der Waals surface area contributed by atoms with E-state index in [4.69, 9.17) is 13.9 Å². The Morgan fingerprint density at radius 1 is 0.957 bits per heavy atom. The van der Waals surface area contributed by atoms with E-state index in [1.807, 2.05) is 30.3 Å². The normalized spacial score (nSPS) is 16.2. The second kappa shape index (κ2) is 14.6. The summed E-state index contributed by atoms with van der Waals surface area (Å²) in [5.41, 5.74) is 0.0695. The zero-order chi connectivity index (χ0) is 32.7. The van der Waals surface area contributed by atoms with Crippen LogP contribution in [0, 0.1) is 0 Å². The summed E-state index contributed by atoms with van der Waals surface area (Å²) in [6, 6.07) is 13.0. The second-order valence-corrected chi connectivity index (χ2v) is 12.6. The first-order valence-corrected chi connectivity index (χ1v) is 15.8. The molecule has 46 heavy (non-hydrogen) atoms. The molecule has 1 aliphatic carbocycles. The summed E-state index contributed by atoms with van der Waals surface area (Å²) >= 11 is 0.